The van der Waals surface area contributed by atoms with Crippen LogP contribution in [0.1, 0.15) is 11.5 Å². The van der Waals surface area contributed by atoms with E-state index in [1.807, 2.05) is 25.1 Å². The summed E-state index contributed by atoms with van der Waals surface area (Å²) in [5.41, 5.74) is 2.06. The lowest BCUT2D eigenvalue weighted by molar-refractivity contribution is 0.198. The third kappa shape index (κ3) is 4.29. The summed E-state index contributed by atoms with van der Waals surface area (Å²) in [7, 11) is 1.66. The Morgan fingerprint density at radius 2 is 2.20 bits per heavy atom. The molecule has 0 aliphatic heterocycles. The minimum Gasteiger partial charge on any atom is -0.406 e. The van der Waals surface area contributed by atoms with E-state index in [2.05, 4.69) is 36.8 Å². The van der Waals surface area contributed by atoms with E-state index in [-0.39, 0.29) is 0 Å². The number of aryl methyl sites for hydroxylation is 1. The highest BCUT2D eigenvalue weighted by molar-refractivity contribution is 9.10. The second-order valence-corrected chi connectivity index (χ2v) is 5.13. The van der Waals surface area contributed by atoms with Crippen molar-refractivity contribution in [1.29, 1.82) is 0 Å². The Morgan fingerprint density at radius 3 is 2.95 bits per heavy atom. The fraction of sp³-hybridized carbons (Fsp3) is 0.385. The Morgan fingerprint density at radius 1 is 1.35 bits per heavy atom. The molecule has 0 bridgehead atoms. The van der Waals surface area contributed by atoms with Crippen LogP contribution in [0.25, 0.3) is 0 Å². The van der Waals surface area contributed by atoms with Crippen molar-refractivity contribution in [3.05, 3.63) is 34.1 Å². The van der Waals surface area contributed by atoms with Gasteiger partial charge in [0.15, 0.2) is 0 Å². The molecule has 0 radical (unpaired) electrons. The second-order valence-electron chi connectivity index (χ2n) is 4.28. The fourth-order valence-corrected chi connectivity index (χ4v) is 2.17. The minimum atomic E-state index is 0.373. The highest BCUT2D eigenvalue weighted by Gasteiger charge is 2.07. The van der Waals surface area contributed by atoms with E-state index >= 15 is 0 Å². The summed E-state index contributed by atoms with van der Waals surface area (Å²) in [6.45, 7) is 3.94. The molecular formula is C13H17BrN4O2. The van der Waals surface area contributed by atoms with Crippen LogP contribution in [0.4, 0.5) is 11.7 Å². The van der Waals surface area contributed by atoms with E-state index in [0.717, 1.165) is 16.7 Å². The molecule has 0 unspecified atom stereocenters. The van der Waals surface area contributed by atoms with Crippen molar-refractivity contribution in [2.24, 2.45) is 0 Å². The Bertz CT molecular complexity index is 559. The standard InChI is InChI=1S/C13H17BrN4O2/c1-9-3-4-11(10(14)7-9)16-13-18-17-12(20-13)8-15-5-6-19-2/h3-4,7,15H,5-6,8H2,1-2H3,(H,16,18). The van der Waals surface area contributed by atoms with Gasteiger partial charge < -0.3 is 19.8 Å². The zero-order valence-electron chi connectivity index (χ0n) is 11.4. The van der Waals surface area contributed by atoms with Crippen molar-refractivity contribution in [3.8, 4) is 0 Å². The molecule has 0 saturated carbocycles. The van der Waals surface area contributed by atoms with Crippen molar-refractivity contribution in [2.75, 3.05) is 25.6 Å². The number of rotatable bonds is 7. The number of aromatic nitrogens is 2. The van der Waals surface area contributed by atoms with Gasteiger partial charge in [-0.1, -0.05) is 11.2 Å². The SMILES string of the molecule is COCCNCc1nnc(Nc2ccc(C)cc2Br)o1. The van der Waals surface area contributed by atoms with Gasteiger partial charge in [-0.2, -0.15) is 0 Å². The van der Waals surface area contributed by atoms with Crippen molar-refractivity contribution >= 4 is 27.6 Å². The number of anilines is 2. The number of methoxy groups -OCH3 is 1. The molecule has 0 amide bonds. The van der Waals surface area contributed by atoms with Crippen LogP contribution >= 0.6 is 15.9 Å². The minimum absolute atomic E-state index is 0.373. The predicted octanol–water partition coefficient (Wildman–Crippen LogP) is 2.62. The molecule has 1 aromatic carbocycles. The van der Waals surface area contributed by atoms with E-state index in [4.69, 9.17) is 9.15 Å². The topological polar surface area (TPSA) is 72.2 Å². The van der Waals surface area contributed by atoms with Crippen molar-refractivity contribution in [3.63, 3.8) is 0 Å². The zero-order valence-corrected chi connectivity index (χ0v) is 13.0. The Labute approximate surface area is 126 Å². The van der Waals surface area contributed by atoms with Crippen molar-refractivity contribution in [2.45, 2.75) is 13.5 Å². The maximum absolute atomic E-state index is 5.50. The Balaban J connectivity index is 1.92. The first-order valence-corrected chi connectivity index (χ1v) is 7.03. The maximum Gasteiger partial charge on any atom is 0.320 e. The number of hydrogen-bond acceptors (Lipinski definition) is 6. The number of hydrogen-bond donors (Lipinski definition) is 2. The lowest BCUT2D eigenvalue weighted by Crippen LogP contribution is -2.18. The molecular weight excluding hydrogens is 324 g/mol. The molecule has 1 heterocycles. The molecule has 0 atom stereocenters. The molecule has 2 rings (SSSR count). The average Bonchev–Trinajstić information content (AvgIpc) is 2.86. The molecule has 2 N–H and O–H groups in total. The Hall–Kier alpha value is -1.44. The normalized spacial score (nSPS) is 10.8. The average molecular weight is 341 g/mol. The fourth-order valence-electron chi connectivity index (χ4n) is 1.58. The highest BCUT2D eigenvalue weighted by Crippen LogP contribution is 2.26. The van der Waals surface area contributed by atoms with Crippen LogP contribution in [0.5, 0.6) is 0 Å². The summed E-state index contributed by atoms with van der Waals surface area (Å²) in [4.78, 5) is 0. The molecule has 0 fully saturated rings. The molecule has 0 saturated heterocycles. The lowest BCUT2D eigenvalue weighted by atomic mass is 10.2. The Kier molecular flexibility index (Phi) is 5.51. The first-order valence-electron chi connectivity index (χ1n) is 6.24. The van der Waals surface area contributed by atoms with Gasteiger partial charge >= 0.3 is 6.01 Å². The summed E-state index contributed by atoms with van der Waals surface area (Å²) in [5.74, 6) is 0.534. The highest BCUT2D eigenvalue weighted by atomic mass is 79.9. The lowest BCUT2D eigenvalue weighted by Gasteiger charge is -2.04. The van der Waals surface area contributed by atoms with E-state index < -0.39 is 0 Å². The summed E-state index contributed by atoms with van der Waals surface area (Å²) < 4.78 is 11.4. The van der Waals surface area contributed by atoms with E-state index in [1.165, 1.54) is 5.56 Å². The third-order valence-electron chi connectivity index (χ3n) is 2.59. The summed E-state index contributed by atoms with van der Waals surface area (Å²) in [5, 5.41) is 14.1. The number of benzene rings is 1. The molecule has 0 aliphatic rings. The van der Waals surface area contributed by atoms with Crippen LogP contribution in [-0.4, -0.2) is 30.5 Å². The van der Waals surface area contributed by atoms with Crippen molar-refractivity contribution < 1.29 is 9.15 Å². The summed E-state index contributed by atoms with van der Waals surface area (Å²) in [6.07, 6.45) is 0. The first kappa shape index (κ1) is 15.0. The quantitative estimate of drug-likeness (QED) is 0.755. The van der Waals surface area contributed by atoms with Crippen molar-refractivity contribution in [1.82, 2.24) is 15.5 Å². The predicted molar refractivity (Wildman–Crippen MR) is 80.0 cm³/mol. The van der Waals surface area contributed by atoms with Gasteiger partial charge in [0.1, 0.15) is 0 Å². The molecule has 6 nitrogen and oxygen atoms in total. The van der Waals surface area contributed by atoms with Gasteiger partial charge in [-0.25, -0.2) is 0 Å². The number of ether oxygens (including phenoxy) is 1. The molecule has 108 valence electrons. The summed E-state index contributed by atoms with van der Waals surface area (Å²) >= 11 is 3.49. The molecule has 20 heavy (non-hydrogen) atoms. The molecule has 2 aromatic rings. The van der Waals surface area contributed by atoms with Gasteiger partial charge in [-0.15, -0.1) is 5.10 Å². The van der Waals surface area contributed by atoms with Gasteiger partial charge in [-0.3, -0.25) is 0 Å². The van der Waals surface area contributed by atoms with Gasteiger partial charge in [0.25, 0.3) is 0 Å². The van der Waals surface area contributed by atoms with E-state index in [1.54, 1.807) is 7.11 Å². The van der Waals surface area contributed by atoms with Crippen LogP contribution in [0.3, 0.4) is 0 Å². The molecule has 0 aliphatic carbocycles. The van der Waals surface area contributed by atoms with Crippen LogP contribution < -0.4 is 10.6 Å². The second kappa shape index (κ2) is 7.37. The number of nitrogens with zero attached hydrogens (tertiary/aromatic N) is 2. The van der Waals surface area contributed by atoms with Crippen LogP contribution in [0, 0.1) is 6.92 Å². The molecule has 7 heteroatoms. The largest absolute Gasteiger partial charge is 0.406 e. The zero-order chi connectivity index (χ0) is 14.4. The van der Waals surface area contributed by atoms with Crippen LogP contribution in [0.2, 0.25) is 0 Å². The van der Waals surface area contributed by atoms with E-state index in [9.17, 15) is 0 Å². The van der Waals surface area contributed by atoms with E-state index in [0.29, 0.717) is 25.1 Å². The maximum atomic E-state index is 5.50. The van der Waals surface area contributed by atoms with Gasteiger partial charge in [0.2, 0.25) is 5.89 Å². The van der Waals surface area contributed by atoms with Gasteiger partial charge in [-0.05, 0) is 40.5 Å². The molecule has 0 spiro atoms. The molecule has 1 aromatic heterocycles. The first-order chi connectivity index (χ1) is 9.69. The monoisotopic (exact) mass is 340 g/mol. The summed E-state index contributed by atoms with van der Waals surface area (Å²) in [6, 6.07) is 6.36. The smallest absolute Gasteiger partial charge is 0.320 e. The number of halogens is 1. The van der Waals surface area contributed by atoms with Crippen LogP contribution in [0.15, 0.2) is 27.1 Å². The van der Waals surface area contributed by atoms with Crippen LogP contribution in [-0.2, 0) is 11.3 Å². The van der Waals surface area contributed by atoms with Gasteiger partial charge in [0, 0.05) is 18.1 Å². The van der Waals surface area contributed by atoms with Gasteiger partial charge in [0.05, 0.1) is 18.8 Å². The third-order valence-corrected chi connectivity index (χ3v) is 3.25. The number of nitrogens with one attached hydrogen (secondary N) is 2.